The maximum Gasteiger partial charge on any atom is 0.335 e. The molecule has 33 heavy (non-hydrogen) atoms. The fraction of sp³-hybridized carbons (Fsp3) is 0.148. The van der Waals surface area contributed by atoms with Crippen molar-refractivity contribution in [2.45, 2.75) is 20.3 Å². The van der Waals surface area contributed by atoms with Gasteiger partial charge in [0.15, 0.2) is 0 Å². The van der Waals surface area contributed by atoms with Crippen LogP contribution in [0.3, 0.4) is 0 Å². The first kappa shape index (κ1) is 22.0. The van der Waals surface area contributed by atoms with Crippen molar-refractivity contribution in [1.29, 1.82) is 0 Å². The zero-order valence-corrected chi connectivity index (χ0v) is 18.7. The summed E-state index contributed by atoms with van der Waals surface area (Å²) in [7, 11) is 1.60. The zero-order valence-electron chi connectivity index (χ0n) is 18.7. The van der Waals surface area contributed by atoms with Gasteiger partial charge in [0.05, 0.1) is 12.8 Å². The summed E-state index contributed by atoms with van der Waals surface area (Å²) < 4.78 is 5.49. The Hall–Kier alpha value is -4.19. The van der Waals surface area contributed by atoms with Crippen LogP contribution in [0.4, 0.5) is 10.5 Å². The van der Waals surface area contributed by atoms with Crippen LogP contribution in [0.25, 0.3) is 6.08 Å². The Labute approximate surface area is 192 Å². The molecule has 1 heterocycles. The molecule has 0 saturated carbocycles. The van der Waals surface area contributed by atoms with E-state index in [0.29, 0.717) is 23.4 Å². The summed E-state index contributed by atoms with van der Waals surface area (Å²) in [5.41, 5.74) is 4.98. The molecule has 0 spiro atoms. The van der Waals surface area contributed by atoms with E-state index in [9.17, 15) is 14.4 Å². The Balaban J connectivity index is 1.70. The van der Waals surface area contributed by atoms with E-state index < -0.39 is 17.8 Å². The summed E-state index contributed by atoms with van der Waals surface area (Å²) in [6, 6.07) is 19.9. The Morgan fingerprint density at radius 2 is 1.67 bits per heavy atom. The van der Waals surface area contributed by atoms with Crippen molar-refractivity contribution >= 4 is 29.6 Å². The van der Waals surface area contributed by atoms with Crippen LogP contribution in [0.1, 0.15) is 27.8 Å². The van der Waals surface area contributed by atoms with E-state index in [2.05, 4.69) is 5.32 Å². The first-order valence-corrected chi connectivity index (χ1v) is 10.6. The summed E-state index contributed by atoms with van der Waals surface area (Å²) in [6.45, 7) is 3.85. The minimum absolute atomic E-state index is 0.108. The van der Waals surface area contributed by atoms with Gasteiger partial charge in [0.2, 0.25) is 0 Å². The third kappa shape index (κ3) is 4.55. The summed E-state index contributed by atoms with van der Waals surface area (Å²) in [4.78, 5) is 39.2. The first-order chi connectivity index (χ1) is 15.9. The Kier molecular flexibility index (Phi) is 6.09. The van der Waals surface area contributed by atoms with Gasteiger partial charge in [-0.2, -0.15) is 0 Å². The number of amides is 4. The van der Waals surface area contributed by atoms with Crippen LogP contribution in [0.15, 0.2) is 72.3 Å². The van der Waals surface area contributed by atoms with Gasteiger partial charge >= 0.3 is 6.03 Å². The lowest BCUT2D eigenvalue weighted by atomic mass is 9.99. The van der Waals surface area contributed by atoms with Crippen LogP contribution in [0.2, 0.25) is 0 Å². The van der Waals surface area contributed by atoms with Gasteiger partial charge in [-0.05, 0) is 72.0 Å². The fourth-order valence-corrected chi connectivity index (χ4v) is 3.77. The normalized spacial score (nSPS) is 15.1. The minimum Gasteiger partial charge on any atom is -0.496 e. The SMILES string of the molecule is COc1ccc(/C=C2\C(=O)NC(=O)N(c3ccc(C)c(C)c3)C2=O)cc1Cc1ccccc1. The Morgan fingerprint density at radius 1 is 0.909 bits per heavy atom. The third-order valence-electron chi connectivity index (χ3n) is 5.70. The third-order valence-corrected chi connectivity index (χ3v) is 5.70. The summed E-state index contributed by atoms with van der Waals surface area (Å²) in [5, 5.41) is 2.27. The van der Waals surface area contributed by atoms with Crippen molar-refractivity contribution in [2.24, 2.45) is 0 Å². The largest absolute Gasteiger partial charge is 0.496 e. The van der Waals surface area contributed by atoms with E-state index in [1.54, 1.807) is 25.3 Å². The average Bonchev–Trinajstić information content (AvgIpc) is 2.80. The van der Waals surface area contributed by atoms with Crippen molar-refractivity contribution in [1.82, 2.24) is 5.32 Å². The van der Waals surface area contributed by atoms with Crippen molar-refractivity contribution < 1.29 is 19.1 Å². The second-order valence-corrected chi connectivity index (χ2v) is 7.96. The zero-order chi connectivity index (χ0) is 23.5. The second-order valence-electron chi connectivity index (χ2n) is 7.96. The number of barbiturate groups is 1. The van der Waals surface area contributed by atoms with E-state index >= 15 is 0 Å². The van der Waals surface area contributed by atoms with E-state index in [1.165, 1.54) is 6.08 Å². The van der Waals surface area contributed by atoms with E-state index in [0.717, 1.165) is 27.2 Å². The van der Waals surface area contributed by atoms with Crippen LogP contribution in [0.5, 0.6) is 5.75 Å². The van der Waals surface area contributed by atoms with E-state index in [1.807, 2.05) is 62.4 Å². The predicted molar refractivity (Wildman–Crippen MR) is 127 cm³/mol. The molecule has 0 radical (unpaired) electrons. The number of nitrogens with zero attached hydrogens (tertiary/aromatic N) is 1. The summed E-state index contributed by atoms with van der Waals surface area (Å²) >= 11 is 0. The first-order valence-electron chi connectivity index (χ1n) is 10.6. The molecule has 6 nitrogen and oxygen atoms in total. The van der Waals surface area contributed by atoms with Crippen LogP contribution >= 0.6 is 0 Å². The van der Waals surface area contributed by atoms with Crippen LogP contribution in [0, 0.1) is 13.8 Å². The molecule has 166 valence electrons. The number of hydrogen-bond acceptors (Lipinski definition) is 4. The van der Waals surface area contributed by atoms with Gasteiger partial charge in [0.1, 0.15) is 11.3 Å². The number of ether oxygens (including phenoxy) is 1. The van der Waals surface area contributed by atoms with Gasteiger partial charge in [0.25, 0.3) is 11.8 Å². The standard InChI is InChI=1S/C27H24N2O4/c1-17-9-11-22(13-18(17)2)29-26(31)23(25(30)28-27(29)32)16-20-10-12-24(33-3)21(15-20)14-19-7-5-4-6-8-19/h4-13,15-16H,14H2,1-3H3,(H,28,30,32)/b23-16+. The van der Waals surface area contributed by atoms with Crippen molar-refractivity contribution in [2.75, 3.05) is 12.0 Å². The van der Waals surface area contributed by atoms with Gasteiger partial charge in [-0.25, -0.2) is 9.69 Å². The Morgan fingerprint density at radius 3 is 2.36 bits per heavy atom. The number of carbonyl (C=O) groups is 3. The molecule has 3 aromatic carbocycles. The Bertz CT molecular complexity index is 1280. The number of urea groups is 1. The van der Waals surface area contributed by atoms with E-state index in [-0.39, 0.29) is 5.57 Å². The molecule has 1 aliphatic rings. The highest BCUT2D eigenvalue weighted by molar-refractivity contribution is 6.39. The molecule has 0 bridgehead atoms. The highest BCUT2D eigenvalue weighted by Gasteiger charge is 2.36. The van der Waals surface area contributed by atoms with Gasteiger partial charge < -0.3 is 4.74 Å². The number of methoxy groups -OCH3 is 1. The van der Waals surface area contributed by atoms with Gasteiger partial charge in [0, 0.05) is 6.42 Å². The number of aryl methyl sites for hydroxylation is 2. The molecule has 0 aromatic heterocycles. The van der Waals surface area contributed by atoms with E-state index in [4.69, 9.17) is 4.74 Å². The lowest BCUT2D eigenvalue weighted by Gasteiger charge is -2.27. The molecule has 0 aliphatic carbocycles. The lowest BCUT2D eigenvalue weighted by molar-refractivity contribution is -0.122. The number of anilines is 1. The number of carbonyl (C=O) groups excluding carboxylic acids is 3. The highest BCUT2D eigenvalue weighted by atomic mass is 16.5. The molecular weight excluding hydrogens is 416 g/mol. The molecular formula is C27H24N2O4. The maximum atomic E-state index is 13.2. The summed E-state index contributed by atoms with van der Waals surface area (Å²) in [6.07, 6.45) is 2.14. The number of rotatable bonds is 5. The average molecular weight is 440 g/mol. The maximum absolute atomic E-state index is 13.2. The van der Waals surface area contributed by atoms with Gasteiger partial charge in [-0.1, -0.05) is 42.5 Å². The number of hydrogen-bond donors (Lipinski definition) is 1. The van der Waals surface area contributed by atoms with Gasteiger partial charge in [-0.15, -0.1) is 0 Å². The molecule has 6 heteroatoms. The molecule has 4 rings (SSSR count). The van der Waals surface area contributed by atoms with Crippen LogP contribution < -0.4 is 15.0 Å². The van der Waals surface area contributed by atoms with Crippen molar-refractivity contribution in [3.05, 3.63) is 100 Å². The molecule has 1 fully saturated rings. The van der Waals surface area contributed by atoms with Crippen molar-refractivity contribution in [3.8, 4) is 5.75 Å². The molecule has 1 aliphatic heterocycles. The highest BCUT2D eigenvalue weighted by Crippen LogP contribution is 2.27. The topological polar surface area (TPSA) is 75.7 Å². The van der Waals surface area contributed by atoms with Gasteiger partial charge in [-0.3, -0.25) is 14.9 Å². The number of benzene rings is 3. The lowest BCUT2D eigenvalue weighted by Crippen LogP contribution is -2.54. The quantitative estimate of drug-likeness (QED) is 0.466. The molecule has 0 unspecified atom stereocenters. The smallest absolute Gasteiger partial charge is 0.335 e. The molecule has 0 atom stereocenters. The van der Waals surface area contributed by atoms with Crippen molar-refractivity contribution in [3.63, 3.8) is 0 Å². The predicted octanol–water partition coefficient (Wildman–Crippen LogP) is 4.57. The monoisotopic (exact) mass is 440 g/mol. The number of nitrogens with one attached hydrogen (secondary N) is 1. The molecule has 3 aromatic rings. The second kappa shape index (κ2) is 9.12. The molecule has 1 saturated heterocycles. The molecule has 1 N–H and O–H groups in total. The van der Waals surface area contributed by atoms with Crippen LogP contribution in [-0.4, -0.2) is 25.0 Å². The number of imide groups is 2. The summed E-state index contributed by atoms with van der Waals surface area (Å²) in [5.74, 6) is -0.662. The molecule has 4 amide bonds. The fourth-order valence-electron chi connectivity index (χ4n) is 3.77. The van der Waals surface area contributed by atoms with Crippen LogP contribution in [-0.2, 0) is 16.0 Å². The minimum atomic E-state index is -0.759.